The summed E-state index contributed by atoms with van der Waals surface area (Å²) in [5.74, 6) is 5.93. The van der Waals surface area contributed by atoms with Gasteiger partial charge < -0.3 is 24.5 Å². The van der Waals surface area contributed by atoms with Crippen LogP contribution in [-0.4, -0.2) is 47.3 Å². The number of nitrogens with zero attached hydrogens (tertiary/aromatic N) is 1. The molecule has 0 amide bonds. The van der Waals surface area contributed by atoms with E-state index in [2.05, 4.69) is 193 Å². The van der Waals surface area contributed by atoms with Crippen LogP contribution in [0.2, 0.25) is 0 Å². The van der Waals surface area contributed by atoms with Crippen LogP contribution in [0.15, 0.2) is 60.7 Å². The molecule has 7 heteroatoms. The zero-order valence-corrected chi connectivity index (χ0v) is 63.4. The van der Waals surface area contributed by atoms with Crippen molar-refractivity contribution in [2.24, 2.45) is 68.3 Å². The highest BCUT2D eigenvalue weighted by Gasteiger charge is 2.35. The highest BCUT2D eigenvalue weighted by molar-refractivity contribution is 5.98. The van der Waals surface area contributed by atoms with Crippen molar-refractivity contribution < 1.29 is 23.8 Å². The summed E-state index contributed by atoms with van der Waals surface area (Å²) < 4.78 is 18.9. The van der Waals surface area contributed by atoms with Gasteiger partial charge in [0.2, 0.25) is 0 Å². The number of Topliss-reactive ketones (excluding diaryl/α,β-unsaturated/α-hetero) is 2. The fraction of sp³-hybridized carbons (Fsp3) is 0.780. The fourth-order valence-corrected chi connectivity index (χ4v) is 12.4. The van der Waals surface area contributed by atoms with E-state index in [1.165, 1.54) is 114 Å². The van der Waals surface area contributed by atoms with Crippen LogP contribution in [0.4, 0.5) is 0 Å². The molecule has 1 aliphatic heterocycles. The molecule has 2 aromatic carbocycles. The summed E-state index contributed by atoms with van der Waals surface area (Å²) >= 11 is 0. The van der Waals surface area contributed by atoms with E-state index in [1.807, 2.05) is 45.0 Å². The summed E-state index contributed by atoms with van der Waals surface area (Å²) in [7, 11) is 0. The van der Waals surface area contributed by atoms with Crippen LogP contribution in [0, 0.1) is 83.4 Å². The maximum atomic E-state index is 12.5. The lowest BCUT2D eigenvalue weighted by Crippen LogP contribution is -2.27. The Hall–Kier alpha value is -3.10. The zero-order valence-electron chi connectivity index (χ0n) is 63.4. The molecule has 7 rings (SSSR count). The molecule has 2 heterocycles. The first kappa shape index (κ1) is 83.9. The Morgan fingerprint density at radius 2 is 1.13 bits per heavy atom. The number of ketones is 2. The second-order valence-electron chi connectivity index (χ2n) is 34.8. The average molecular weight is 1240 g/mol. The molecular formula is C82H146N2O5. The minimum absolute atomic E-state index is 0.0172. The first-order valence-electron chi connectivity index (χ1n) is 36.0. The van der Waals surface area contributed by atoms with Crippen molar-refractivity contribution in [2.75, 3.05) is 13.2 Å². The van der Waals surface area contributed by atoms with Gasteiger partial charge in [-0.25, -0.2) is 0 Å². The normalized spacial score (nSPS) is 19.4. The van der Waals surface area contributed by atoms with E-state index >= 15 is 0 Å². The van der Waals surface area contributed by atoms with Gasteiger partial charge >= 0.3 is 0 Å². The van der Waals surface area contributed by atoms with Crippen molar-refractivity contribution in [3.8, 4) is 5.69 Å². The van der Waals surface area contributed by atoms with Gasteiger partial charge in [-0.05, 0) is 166 Å². The lowest BCUT2D eigenvalue weighted by molar-refractivity contribution is -0.141. The first-order valence-corrected chi connectivity index (χ1v) is 36.0. The van der Waals surface area contributed by atoms with Crippen molar-refractivity contribution in [3.63, 3.8) is 0 Å². The Morgan fingerprint density at radius 1 is 0.640 bits per heavy atom. The van der Waals surface area contributed by atoms with E-state index in [-0.39, 0.29) is 34.9 Å². The number of aryl methyl sites for hydroxylation is 2. The van der Waals surface area contributed by atoms with Crippen molar-refractivity contribution in [1.29, 1.82) is 0 Å². The highest BCUT2D eigenvalue weighted by Crippen LogP contribution is 2.40. The van der Waals surface area contributed by atoms with E-state index in [9.17, 15) is 9.59 Å². The third-order valence-corrected chi connectivity index (χ3v) is 18.4. The predicted octanol–water partition coefficient (Wildman–Crippen LogP) is 24.0. The molecule has 4 aliphatic rings. The lowest BCUT2D eigenvalue weighted by atomic mass is 9.70. The van der Waals surface area contributed by atoms with E-state index in [0.717, 1.165) is 104 Å². The average Bonchev–Trinajstić information content (AvgIpc) is 1.72. The van der Waals surface area contributed by atoms with E-state index in [1.54, 1.807) is 6.92 Å². The van der Waals surface area contributed by atoms with E-state index in [0.29, 0.717) is 28.1 Å². The van der Waals surface area contributed by atoms with Crippen molar-refractivity contribution in [1.82, 2.24) is 4.57 Å². The van der Waals surface area contributed by atoms with Crippen LogP contribution in [0.5, 0.6) is 0 Å². The third-order valence-electron chi connectivity index (χ3n) is 18.4. The number of rotatable bonds is 15. The topological polar surface area (TPSA) is 92.8 Å². The molecular weight excluding hydrogens is 1090 g/mol. The predicted molar refractivity (Wildman–Crippen MR) is 388 cm³/mol. The number of carbonyl (C=O) groups excluding carboxylic acids is 2. The largest absolute Gasteiger partial charge is 0.377 e. The first-order chi connectivity index (χ1) is 41.0. The molecule has 3 aromatic rings. The van der Waals surface area contributed by atoms with Gasteiger partial charge in [0, 0.05) is 35.7 Å². The number of hydrogen-bond acceptors (Lipinski definition) is 6. The number of aromatic nitrogens is 1. The van der Waals surface area contributed by atoms with Gasteiger partial charge in [0.25, 0.3) is 0 Å². The lowest BCUT2D eigenvalue weighted by Gasteiger charge is -2.35. The molecule has 3 saturated carbocycles. The summed E-state index contributed by atoms with van der Waals surface area (Å²) in [5, 5.41) is 0. The molecule has 3 aliphatic carbocycles. The van der Waals surface area contributed by atoms with Gasteiger partial charge in [-0.3, -0.25) is 9.59 Å². The van der Waals surface area contributed by atoms with Crippen molar-refractivity contribution in [3.05, 3.63) is 88.7 Å². The Bertz CT molecular complexity index is 2280. The molecule has 0 spiro atoms. The van der Waals surface area contributed by atoms with Gasteiger partial charge in [0.1, 0.15) is 5.78 Å². The van der Waals surface area contributed by atoms with Gasteiger partial charge in [-0.15, -0.1) is 0 Å². The Balaban J connectivity index is 0.000000530. The Labute approximate surface area is 552 Å². The Kier molecular flexibility index (Phi) is 38.5. The molecule has 4 fully saturated rings. The van der Waals surface area contributed by atoms with Gasteiger partial charge in [-0.2, -0.15) is 0 Å². The monoisotopic (exact) mass is 1240 g/mol. The van der Waals surface area contributed by atoms with E-state index < -0.39 is 0 Å². The minimum atomic E-state index is -0.365. The molecule has 7 nitrogen and oxygen atoms in total. The van der Waals surface area contributed by atoms with Gasteiger partial charge in [0.15, 0.2) is 11.6 Å². The fourth-order valence-electron chi connectivity index (χ4n) is 12.4. The number of benzene rings is 2. The highest BCUT2D eigenvalue weighted by atomic mass is 16.7. The molecule has 1 aromatic heterocycles. The SMILES string of the molecule is CC(=O)C(N)CCCCC(C)(C)C.CC(C)(C)CC1COC(C)(C)O1.CC(C)(C)CCOCc1ccccc1.CC(C)C1CCCCC1.CC(C)C1CCCCC1.CC1CCC(C(C)(C)C)CC1.Cc1ccc(-n2c(C)cc(C(=O)CC(C)(C)C)c2C)cc1. The quantitative estimate of drug-likeness (QED) is 0.120. The van der Waals surface area contributed by atoms with Gasteiger partial charge in [0.05, 0.1) is 25.4 Å². The molecule has 1 saturated heterocycles. The number of nitrogens with two attached hydrogens (primary N) is 1. The summed E-state index contributed by atoms with van der Waals surface area (Å²) in [6.45, 7) is 59.3. The van der Waals surface area contributed by atoms with Gasteiger partial charge in [-0.1, -0.05) is 276 Å². The smallest absolute Gasteiger partial charge is 0.165 e. The minimum Gasteiger partial charge on any atom is -0.377 e. The van der Waals surface area contributed by atoms with Crippen LogP contribution in [0.3, 0.4) is 0 Å². The molecule has 89 heavy (non-hydrogen) atoms. The van der Waals surface area contributed by atoms with Crippen LogP contribution in [-0.2, 0) is 25.6 Å². The summed E-state index contributed by atoms with van der Waals surface area (Å²) in [6, 6.07) is 20.5. The second-order valence-corrected chi connectivity index (χ2v) is 34.8. The number of carbonyl (C=O) groups is 2. The van der Waals surface area contributed by atoms with E-state index in [4.69, 9.17) is 19.9 Å². The molecule has 2 N–H and O–H groups in total. The summed E-state index contributed by atoms with van der Waals surface area (Å²) in [4.78, 5) is 23.3. The van der Waals surface area contributed by atoms with Crippen LogP contribution >= 0.6 is 0 Å². The van der Waals surface area contributed by atoms with Crippen molar-refractivity contribution >= 4 is 11.6 Å². The Morgan fingerprint density at radius 3 is 1.53 bits per heavy atom. The summed E-state index contributed by atoms with van der Waals surface area (Å²) in [6.07, 6.45) is 28.1. The van der Waals surface area contributed by atoms with Crippen LogP contribution in [0.1, 0.15) is 327 Å². The maximum Gasteiger partial charge on any atom is 0.165 e. The summed E-state index contributed by atoms with van der Waals surface area (Å²) in [5.41, 5.74) is 13.9. The number of hydrogen-bond donors (Lipinski definition) is 1. The third kappa shape index (κ3) is 40.6. The molecule has 2 unspecified atom stereocenters. The standard InChI is InChI=1S/C19H25NO.C13H20O.C11H23NO.C11H22.C10H20O2.2C9H18/c1-13-7-9-16(10-8-13)20-14(2)11-17(15(20)3)18(21)12-19(4,5)6;1-13(2,3)9-10-14-11-12-7-5-4-6-8-12;1-9(13)10(12)7-5-6-8-11(2,3)4;1-9-5-7-10(8-6-9)11(2,3)4;1-9(2,3)6-8-7-11-10(4,5)12-8;2*1-8(2)9-6-4-3-5-7-9/h7-11H,12H2,1-6H3;4-8H,9-11H2,1-3H3;10H,5-8,12H2,1-4H3;9-10H,5-8H2,1-4H3;8H,6-7H2,1-5H3;2*8-9H,3-7H2,1-2H3. The maximum absolute atomic E-state index is 12.5. The van der Waals surface area contributed by atoms with Crippen molar-refractivity contribution in [2.45, 2.75) is 339 Å². The molecule has 2 atom stereocenters. The molecule has 514 valence electrons. The van der Waals surface area contributed by atoms with Crippen LogP contribution in [0.25, 0.3) is 5.69 Å². The number of unbranched alkanes of at least 4 members (excludes halogenated alkanes) is 1. The zero-order chi connectivity index (χ0) is 68.0. The molecule has 0 bridgehead atoms. The molecule has 0 radical (unpaired) electrons. The second kappa shape index (κ2) is 40.9. The number of ether oxygens (including phenoxy) is 3. The van der Waals surface area contributed by atoms with Crippen LogP contribution < -0.4 is 5.73 Å².